The number of hydrogen-bond acceptors (Lipinski definition) is 6. The van der Waals surface area contributed by atoms with E-state index in [1.807, 2.05) is 35.9 Å². The molecule has 0 amide bonds. The first kappa shape index (κ1) is 25.3. The molecule has 0 radical (unpaired) electrons. The minimum absolute atomic E-state index is 0.0506. The molecule has 0 spiro atoms. The first-order valence-electron chi connectivity index (χ1n) is 13.3. The third-order valence-corrected chi connectivity index (χ3v) is 7.30. The van der Waals surface area contributed by atoms with Crippen LogP contribution in [0.2, 0.25) is 0 Å². The van der Waals surface area contributed by atoms with Crippen LogP contribution in [-0.4, -0.2) is 49.3 Å². The Bertz CT molecular complexity index is 1370. The van der Waals surface area contributed by atoms with Crippen LogP contribution >= 0.6 is 0 Å². The topological polar surface area (TPSA) is 88.9 Å². The monoisotopic (exact) mass is 500 g/mol. The first-order valence-corrected chi connectivity index (χ1v) is 13.3. The molecule has 8 nitrogen and oxygen atoms in total. The average Bonchev–Trinajstić information content (AvgIpc) is 3.57. The first-order chi connectivity index (χ1) is 18.0. The molecule has 1 saturated heterocycles. The molecule has 1 N–H and O–H groups in total. The van der Waals surface area contributed by atoms with E-state index in [0.717, 1.165) is 60.3 Å². The van der Waals surface area contributed by atoms with Gasteiger partial charge in [-0.1, -0.05) is 62.4 Å². The summed E-state index contributed by atoms with van der Waals surface area (Å²) in [7, 11) is 0. The number of pyridine rings is 1. The second kappa shape index (κ2) is 11.4. The molecule has 2 aromatic carbocycles. The van der Waals surface area contributed by atoms with E-state index < -0.39 is 0 Å². The lowest BCUT2D eigenvalue weighted by Gasteiger charge is -2.35. The molecule has 2 aromatic heterocycles. The van der Waals surface area contributed by atoms with Crippen LogP contribution in [0.3, 0.4) is 0 Å². The van der Waals surface area contributed by atoms with Gasteiger partial charge in [-0.15, -0.1) is 5.10 Å². The maximum atomic E-state index is 13.2. The maximum absolute atomic E-state index is 13.2. The Morgan fingerprint density at radius 1 is 1.16 bits per heavy atom. The molecule has 1 aliphatic rings. The highest BCUT2D eigenvalue weighted by atomic mass is 16.5. The fraction of sp³-hybridized carbons (Fsp3) is 0.448. The van der Waals surface area contributed by atoms with E-state index in [4.69, 9.17) is 4.74 Å². The summed E-state index contributed by atoms with van der Waals surface area (Å²) in [6.45, 7) is 9.10. The summed E-state index contributed by atoms with van der Waals surface area (Å²) in [6, 6.07) is 18.4. The van der Waals surface area contributed by atoms with Crippen molar-refractivity contribution in [2.24, 2.45) is 5.92 Å². The van der Waals surface area contributed by atoms with Gasteiger partial charge in [-0.2, -0.15) is 0 Å². The normalized spacial score (nSPS) is 16.7. The Morgan fingerprint density at radius 3 is 2.76 bits per heavy atom. The summed E-state index contributed by atoms with van der Waals surface area (Å²) in [5.74, 6) is 1.06. The average molecular weight is 501 g/mol. The smallest absolute Gasteiger partial charge is 0.252 e. The summed E-state index contributed by atoms with van der Waals surface area (Å²) in [5, 5.41) is 14.0. The van der Waals surface area contributed by atoms with Gasteiger partial charge in [-0.3, -0.25) is 9.69 Å². The van der Waals surface area contributed by atoms with Crippen LogP contribution in [0.15, 0.2) is 59.4 Å². The molecule has 8 heteroatoms. The molecule has 0 unspecified atom stereocenters. The standard InChI is InChI=1S/C29H36N6O2/c1-20(2)27(28-31-32-33-35(28)15-14-22-10-5-4-6-11-22)34(19-25-13-8-16-37-25)18-24-17-23-12-7-9-21(3)26(23)30-29(24)36/h4-7,9-12,17,20,25,27H,8,13-16,18-19H2,1-3H3,(H,30,36)/t25-,27-/m1/s1. The van der Waals surface area contributed by atoms with Gasteiger partial charge in [0.05, 0.1) is 17.7 Å². The predicted molar refractivity (Wildman–Crippen MR) is 144 cm³/mol. The number of H-pyrrole nitrogens is 1. The zero-order chi connectivity index (χ0) is 25.8. The molecule has 5 rings (SSSR count). The van der Waals surface area contributed by atoms with Crippen molar-refractivity contribution in [1.82, 2.24) is 30.1 Å². The van der Waals surface area contributed by atoms with Crippen LogP contribution < -0.4 is 5.56 Å². The van der Waals surface area contributed by atoms with Gasteiger partial charge in [-0.25, -0.2) is 4.68 Å². The van der Waals surface area contributed by atoms with E-state index in [1.54, 1.807) is 0 Å². The van der Waals surface area contributed by atoms with Gasteiger partial charge < -0.3 is 9.72 Å². The number of aryl methyl sites for hydroxylation is 3. The SMILES string of the molecule is Cc1cccc2cc(CN(C[C@H]3CCCO3)[C@@H](c3nnnn3CCc3ccccc3)C(C)C)c(=O)[nH]c12. The van der Waals surface area contributed by atoms with Crippen LogP contribution in [0.1, 0.15) is 55.2 Å². The second-order valence-electron chi connectivity index (χ2n) is 10.4. The molecule has 1 aliphatic heterocycles. The van der Waals surface area contributed by atoms with Crippen LogP contribution in [0.5, 0.6) is 0 Å². The number of fused-ring (bicyclic) bond motifs is 1. The number of aromatic amines is 1. The van der Waals surface area contributed by atoms with Gasteiger partial charge in [0.1, 0.15) is 0 Å². The Hall–Kier alpha value is -3.36. The number of hydrogen-bond donors (Lipinski definition) is 1. The summed E-state index contributed by atoms with van der Waals surface area (Å²) in [5.41, 5.74) is 3.90. The lowest BCUT2D eigenvalue weighted by atomic mass is 9.99. The van der Waals surface area contributed by atoms with Gasteiger partial charge >= 0.3 is 0 Å². The van der Waals surface area contributed by atoms with Crippen molar-refractivity contribution < 1.29 is 4.74 Å². The lowest BCUT2D eigenvalue weighted by molar-refractivity contribution is 0.0384. The lowest BCUT2D eigenvalue weighted by Crippen LogP contribution is -2.40. The third kappa shape index (κ3) is 5.81. The van der Waals surface area contributed by atoms with Crippen molar-refractivity contribution in [2.45, 2.75) is 65.3 Å². The number of tetrazole rings is 1. The maximum Gasteiger partial charge on any atom is 0.252 e. The van der Waals surface area contributed by atoms with Gasteiger partial charge in [0, 0.05) is 31.8 Å². The van der Waals surface area contributed by atoms with Crippen LogP contribution in [0, 0.1) is 12.8 Å². The van der Waals surface area contributed by atoms with Gasteiger partial charge in [0.2, 0.25) is 0 Å². The van der Waals surface area contributed by atoms with E-state index in [2.05, 4.69) is 69.6 Å². The number of aromatic nitrogens is 5. The molecule has 0 bridgehead atoms. The molecule has 194 valence electrons. The molecule has 4 aromatic rings. The van der Waals surface area contributed by atoms with Crippen LogP contribution in [-0.2, 0) is 24.2 Å². The second-order valence-corrected chi connectivity index (χ2v) is 10.4. The van der Waals surface area contributed by atoms with E-state index in [-0.39, 0.29) is 23.6 Å². The highest BCUT2D eigenvalue weighted by molar-refractivity contribution is 5.81. The molecule has 0 aliphatic carbocycles. The molecule has 0 saturated carbocycles. The van der Waals surface area contributed by atoms with Crippen molar-refractivity contribution in [3.8, 4) is 0 Å². The van der Waals surface area contributed by atoms with Crippen molar-refractivity contribution in [3.05, 3.63) is 87.5 Å². The molecular weight excluding hydrogens is 464 g/mol. The zero-order valence-corrected chi connectivity index (χ0v) is 21.9. The van der Waals surface area contributed by atoms with E-state index in [0.29, 0.717) is 13.1 Å². The highest BCUT2D eigenvalue weighted by Crippen LogP contribution is 2.30. The summed E-state index contributed by atoms with van der Waals surface area (Å²) < 4.78 is 7.96. The molecule has 2 atom stereocenters. The number of ether oxygens (including phenoxy) is 1. The van der Waals surface area contributed by atoms with Crippen LogP contribution in [0.4, 0.5) is 0 Å². The Morgan fingerprint density at radius 2 is 2.00 bits per heavy atom. The molecule has 3 heterocycles. The number of nitrogens with zero attached hydrogens (tertiary/aromatic N) is 5. The van der Waals surface area contributed by atoms with Crippen molar-refractivity contribution >= 4 is 10.9 Å². The minimum atomic E-state index is -0.0671. The highest BCUT2D eigenvalue weighted by Gasteiger charge is 2.32. The number of nitrogens with one attached hydrogen (secondary N) is 1. The quantitative estimate of drug-likeness (QED) is 0.346. The summed E-state index contributed by atoms with van der Waals surface area (Å²) in [6.07, 6.45) is 3.07. The van der Waals surface area contributed by atoms with Gasteiger partial charge in [-0.05, 0) is 65.1 Å². The largest absolute Gasteiger partial charge is 0.377 e. The van der Waals surface area contributed by atoms with Gasteiger partial charge in [0.25, 0.3) is 5.56 Å². The van der Waals surface area contributed by atoms with E-state index in [1.165, 1.54) is 5.56 Å². The van der Waals surface area contributed by atoms with Crippen molar-refractivity contribution in [2.75, 3.05) is 13.2 Å². The summed E-state index contributed by atoms with van der Waals surface area (Å²) in [4.78, 5) is 18.7. The Labute approximate surface area is 217 Å². The minimum Gasteiger partial charge on any atom is -0.377 e. The Balaban J connectivity index is 1.47. The van der Waals surface area contributed by atoms with Crippen molar-refractivity contribution in [3.63, 3.8) is 0 Å². The zero-order valence-electron chi connectivity index (χ0n) is 21.9. The molecule has 37 heavy (non-hydrogen) atoms. The Kier molecular flexibility index (Phi) is 7.76. The number of benzene rings is 2. The fourth-order valence-electron chi connectivity index (χ4n) is 5.44. The predicted octanol–water partition coefficient (Wildman–Crippen LogP) is 4.44. The molecule has 1 fully saturated rings. The third-order valence-electron chi connectivity index (χ3n) is 7.30. The van der Waals surface area contributed by atoms with E-state index >= 15 is 0 Å². The number of para-hydroxylation sites is 1. The summed E-state index contributed by atoms with van der Waals surface area (Å²) >= 11 is 0. The van der Waals surface area contributed by atoms with Crippen LogP contribution in [0.25, 0.3) is 10.9 Å². The number of rotatable bonds is 10. The van der Waals surface area contributed by atoms with E-state index in [9.17, 15) is 4.79 Å². The fourth-order valence-corrected chi connectivity index (χ4v) is 5.44. The van der Waals surface area contributed by atoms with Crippen molar-refractivity contribution in [1.29, 1.82) is 0 Å². The van der Waals surface area contributed by atoms with Gasteiger partial charge in [0.15, 0.2) is 5.82 Å². The molecular formula is C29H36N6O2.